The second-order valence-electron chi connectivity index (χ2n) is 6.75. The van der Waals surface area contributed by atoms with Crippen molar-refractivity contribution in [3.05, 3.63) is 71.8 Å². The van der Waals surface area contributed by atoms with Crippen LogP contribution in [-0.2, 0) is 36.9 Å². The number of nitrogens with one attached hydrogen (secondary N) is 3. The molecule has 2 rings (SSSR count). The summed E-state index contributed by atoms with van der Waals surface area (Å²) in [6, 6.07) is 17.3. The van der Waals surface area contributed by atoms with E-state index in [9.17, 15) is 19.2 Å². The number of carbonyl (C=O) groups excluding carboxylic acids is 4. The molecule has 0 spiro atoms. The van der Waals surface area contributed by atoms with Gasteiger partial charge in [0.1, 0.15) is 25.7 Å². The molecule has 2 aromatic rings. The molecule has 0 bridgehead atoms. The van der Waals surface area contributed by atoms with Gasteiger partial charge >= 0.3 is 12.1 Å². The predicted molar refractivity (Wildman–Crippen MR) is 116 cm³/mol. The van der Waals surface area contributed by atoms with Gasteiger partial charge in [-0.1, -0.05) is 60.7 Å². The van der Waals surface area contributed by atoms with E-state index in [1.807, 2.05) is 60.7 Å². The smallest absolute Gasteiger partial charge is 0.407 e. The van der Waals surface area contributed by atoms with Crippen molar-refractivity contribution in [1.29, 1.82) is 0 Å². The molecule has 0 aromatic heterocycles. The SMILES string of the molecule is CCOC(=O)CNC(=O)[C@@H](Cc1ccccc1)NC(=O)CNC(=O)OCc1ccccc1. The van der Waals surface area contributed by atoms with Gasteiger partial charge in [0.05, 0.1) is 6.61 Å². The van der Waals surface area contributed by atoms with Gasteiger partial charge in [-0.2, -0.15) is 0 Å². The molecule has 0 saturated heterocycles. The highest BCUT2D eigenvalue weighted by molar-refractivity contribution is 5.91. The highest BCUT2D eigenvalue weighted by atomic mass is 16.5. The van der Waals surface area contributed by atoms with Gasteiger partial charge in [-0.3, -0.25) is 14.4 Å². The van der Waals surface area contributed by atoms with Gasteiger partial charge in [-0.25, -0.2) is 4.79 Å². The van der Waals surface area contributed by atoms with Gasteiger partial charge in [0.2, 0.25) is 11.8 Å². The summed E-state index contributed by atoms with van der Waals surface area (Å²) in [7, 11) is 0. The maximum absolute atomic E-state index is 12.5. The molecule has 0 heterocycles. The minimum Gasteiger partial charge on any atom is -0.465 e. The minimum absolute atomic E-state index is 0.0706. The molecule has 0 radical (unpaired) electrons. The van der Waals surface area contributed by atoms with Crippen molar-refractivity contribution in [3.8, 4) is 0 Å². The van der Waals surface area contributed by atoms with Gasteiger partial charge in [0.25, 0.3) is 0 Å². The first-order valence-corrected chi connectivity index (χ1v) is 10.2. The monoisotopic (exact) mass is 441 g/mol. The van der Waals surface area contributed by atoms with Crippen LogP contribution in [0.2, 0.25) is 0 Å². The van der Waals surface area contributed by atoms with E-state index in [-0.39, 0.29) is 32.7 Å². The number of alkyl carbamates (subject to hydrolysis) is 1. The van der Waals surface area contributed by atoms with Crippen LogP contribution in [0.3, 0.4) is 0 Å². The number of ether oxygens (including phenoxy) is 2. The first-order valence-electron chi connectivity index (χ1n) is 10.2. The summed E-state index contributed by atoms with van der Waals surface area (Å²) < 4.78 is 9.84. The van der Waals surface area contributed by atoms with E-state index in [1.165, 1.54) is 0 Å². The maximum Gasteiger partial charge on any atom is 0.407 e. The van der Waals surface area contributed by atoms with Crippen LogP contribution in [0.5, 0.6) is 0 Å². The fourth-order valence-electron chi connectivity index (χ4n) is 2.73. The largest absolute Gasteiger partial charge is 0.465 e. The van der Waals surface area contributed by atoms with Crippen molar-refractivity contribution < 1.29 is 28.7 Å². The predicted octanol–water partition coefficient (Wildman–Crippen LogP) is 1.32. The summed E-state index contributed by atoms with van der Waals surface area (Å²) in [5.74, 6) is -1.69. The molecular formula is C23H27N3O6. The third-order valence-electron chi connectivity index (χ3n) is 4.25. The lowest BCUT2D eigenvalue weighted by Crippen LogP contribution is -2.51. The molecule has 0 aliphatic heterocycles. The third kappa shape index (κ3) is 9.29. The van der Waals surface area contributed by atoms with Crippen LogP contribution in [-0.4, -0.2) is 49.6 Å². The molecule has 9 nitrogen and oxygen atoms in total. The summed E-state index contributed by atoms with van der Waals surface area (Å²) in [5.41, 5.74) is 1.63. The van der Waals surface area contributed by atoms with Crippen LogP contribution in [0.25, 0.3) is 0 Å². The van der Waals surface area contributed by atoms with Gasteiger partial charge < -0.3 is 25.4 Å². The Bertz CT molecular complexity index is 889. The average molecular weight is 441 g/mol. The van der Waals surface area contributed by atoms with Gasteiger partial charge in [0, 0.05) is 6.42 Å². The summed E-state index contributed by atoms with van der Waals surface area (Å²) in [5, 5.41) is 7.38. The molecule has 0 unspecified atom stereocenters. The molecule has 0 fully saturated rings. The van der Waals surface area contributed by atoms with E-state index in [0.29, 0.717) is 0 Å². The van der Waals surface area contributed by atoms with Gasteiger partial charge in [-0.05, 0) is 18.1 Å². The zero-order valence-electron chi connectivity index (χ0n) is 17.8. The van der Waals surface area contributed by atoms with E-state index in [1.54, 1.807) is 6.92 Å². The van der Waals surface area contributed by atoms with E-state index < -0.39 is 29.9 Å². The molecule has 3 amide bonds. The Kier molecular flexibility index (Phi) is 10.2. The van der Waals surface area contributed by atoms with E-state index in [4.69, 9.17) is 9.47 Å². The molecule has 0 aliphatic carbocycles. The average Bonchev–Trinajstić information content (AvgIpc) is 2.81. The fourth-order valence-corrected chi connectivity index (χ4v) is 2.73. The standard InChI is InChI=1S/C23H27N3O6/c1-2-31-21(28)15-24-22(29)19(13-17-9-5-3-6-10-17)26-20(27)14-25-23(30)32-16-18-11-7-4-8-12-18/h3-12,19H,2,13-16H2,1H3,(H,24,29)(H,25,30)(H,26,27)/t19-/m1/s1. The second-order valence-corrected chi connectivity index (χ2v) is 6.75. The lowest BCUT2D eigenvalue weighted by atomic mass is 10.1. The number of esters is 1. The molecule has 0 aliphatic rings. The first-order chi connectivity index (χ1) is 15.5. The normalized spacial score (nSPS) is 11.0. The number of hydrogen-bond donors (Lipinski definition) is 3. The highest BCUT2D eigenvalue weighted by Gasteiger charge is 2.22. The molecule has 3 N–H and O–H groups in total. The topological polar surface area (TPSA) is 123 Å². The summed E-state index contributed by atoms with van der Waals surface area (Å²) in [6.07, 6.45) is -0.546. The van der Waals surface area contributed by atoms with Crippen molar-refractivity contribution in [2.75, 3.05) is 19.7 Å². The van der Waals surface area contributed by atoms with E-state index in [2.05, 4.69) is 16.0 Å². The molecule has 2 aromatic carbocycles. The quantitative estimate of drug-likeness (QED) is 0.452. The van der Waals surface area contributed by atoms with E-state index in [0.717, 1.165) is 11.1 Å². The third-order valence-corrected chi connectivity index (χ3v) is 4.25. The van der Waals surface area contributed by atoms with Gasteiger partial charge in [0.15, 0.2) is 0 Å². The van der Waals surface area contributed by atoms with Crippen molar-refractivity contribution >= 4 is 23.9 Å². The van der Waals surface area contributed by atoms with Crippen LogP contribution >= 0.6 is 0 Å². The highest BCUT2D eigenvalue weighted by Crippen LogP contribution is 2.04. The van der Waals surface area contributed by atoms with Crippen molar-refractivity contribution in [2.45, 2.75) is 26.0 Å². The maximum atomic E-state index is 12.5. The van der Waals surface area contributed by atoms with Crippen molar-refractivity contribution in [2.24, 2.45) is 0 Å². The van der Waals surface area contributed by atoms with Crippen LogP contribution in [0.1, 0.15) is 18.1 Å². The van der Waals surface area contributed by atoms with Crippen LogP contribution in [0, 0.1) is 0 Å². The Labute approximate surface area is 186 Å². The summed E-state index contributed by atoms with van der Waals surface area (Å²) >= 11 is 0. The van der Waals surface area contributed by atoms with Crippen LogP contribution in [0.15, 0.2) is 60.7 Å². The molecule has 32 heavy (non-hydrogen) atoms. The number of amides is 3. The fraction of sp³-hybridized carbons (Fsp3) is 0.304. The first kappa shape index (κ1) is 24.4. The lowest BCUT2D eigenvalue weighted by Gasteiger charge is -2.18. The Hall–Kier alpha value is -3.88. The Morgan fingerprint density at radius 1 is 0.812 bits per heavy atom. The Morgan fingerprint density at radius 2 is 1.44 bits per heavy atom. The zero-order valence-corrected chi connectivity index (χ0v) is 17.8. The number of hydrogen-bond acceptors (Lipinski definition) is 6. The van der Waals surface area contributed by atoms with E-state index >= 15 is 0 Å². The zero-order chi connectivity index (χ0) is 23.2. The number of rotatable bonds is 11. The lowest BCUT2D eigenvalue weighted by molar-refractivity contribution is -0.143. The molecular weight excluding hydrogens is 414 g/mol. The molecule has 170 valence electrons. The summed E-state index contributed by atoms with van der Waals surface area (Å²) in [4.78, 5) is 48.2. The molecule has 1 atom stereocenters. The van der Waals surface area contributed by atoms with Crippen LogP contribution in [0.4, 0.5) is 4.79 Å². The van der Waals surface area contributed by atoms with Crippen LogP contribution < -0.4 is 16.0 Å². The number of benzene rings is 2. The molecule has 9 heteroatoms. The summed E-state index contributed by atoms with van der Waals surface area (Å²) in [6.45, 7) is 1.25. The Morgan fingerprint density at radius 3 is 2.06 bits per heavy atom. The van der Waals surface area contributed by atoms with Crippen molar-refractivity contribution in [3.63, 3.8) is 0 Å². The minimum atomic E-state index is -0.943. The van der Waals surface area contributed by atoms with Gasteiger partial charge in [-0.15, -0.1) is 0 Å². The van der Waals surface area contributed by atoms with Crippen molar-refractivity contribution in [1.82, 2.24) is 16.0 Å². The molecule has 0 saturated carbocycles. The second kappa shape index (κ2) is 13.4. The number of carbonyl (C=O) groups is 4. The Balaban J connectivity index is 1.86.